The first-order chi connectivity index (χ1) is 5.58. The van der Waals surface area contributed by atoms with Crippen molar-refractivity contribution in [1.29, 1.82) is 0 Å². The molecule has 0 aliphatic rings. The zero-order chi connectivity index (χ0) is 9.03. The van der Waals surface area contributed by atoms with Gasteiger partial charge in [-0.25, -0.2) is 0 Å². The Morgan fingerprint density at radius 1 is 1.42 bits per heavy atom. The summed E-state index contributed by atoms with van der Waals surface area (Å²) in [5, 5.41) is 8.98. The van der Waals surface area contributed by atoms with Gasteiger partial charge in [0.1, 0.15) is 10.5 Å². The highest BCUT2D eigenvalue weighted by Gasteiger charge is 2.09. The van der Waals surface area contributed by atoms with Gasteiger partial charge in [-0.05, 0) is 18.3 Å². The van der Waals surface area contributed by atoms with E-state index in [4.69, 9.17) is 0 Å². The van der Waals surface area contributed by atoms with Crippen LogP contribution in [0, 0.1) is 5.41 Å². The number of hydrogen-bond acceptors (Lipinski definition) is 3. The Hall–Kier alpha value is -0.440. The van der Waals surface area contributed by atoms with Gasteiger partial charge < -0.3 is 0 Å². The molecular weight excluding hydrogens is 168 g/mol. The highest BCUT2D eigenvalue weighted by molar-refractivity contribution is 7.09. The predicted octanol–water partition coefficient (Wildman–Crippen LogP) is 2.91. The lowest BCUT2D eigenvalue weighted by Crippen LogP contribution is -2.04. The Morgan fingerprint density at radius 3 is 2.67 bits per heavy atom. The fourth-order valence-electron chi connectivity index (χ4n) is 1.07. The maximum atomic E-state index is 4.00. The van der Waals surface area contributed by atoms with E-state index in [9.17, 15) is 0 Å². The smallest absolute Gasteiger partial charge is 0.117 e. The van der Waals surface area contributed by atoms with Crippen molar-refractivity contribution in [3.05, 3.63) is 10.5 Å². The quantitative estimate of drug-likeness (QED) is 0.722. The minimum Gasteiger partial charge on any atom is -0.147 e. The van der Waals surface area contributed by atoms with Crippen LogP contribution in [0.2, 0.25) is 0 Å². The van der Waals surface area contributed by atoms with Crippen LogP contribution in [0.5, 0.6) is 0 Å². The fourth-order valence-corrected chi connectivity index (χ4v) is 1.65. The average Bonchev–Trinajstić information content (AvgIpc) is 2.36. The number of rotatable bonds is 3. The molecule has 0 aromatic carbocycles. The van der Waals surface area contributed by atoms with Crippen LogP contribution < -0.4 is 0 Å². The number of hydrogen-bond donors (Lipinski definition) is 0. The first-order valence-corrected chi connectivity index (χ1v) is 5.21. The van der Waals surface area contributed by atoms with Gasteiger partial charge in [0.15, 0.2) is 0 Å². The molecule has 0 saturated heterocycles. The predicted molar refractivity (Wildman–Crippen MR) is 52.3 cm³/mol. The molecule has 0 aliphatic carbocycles. The largest absolute Gasteiger partial charge is 0.147 e. The van der Waals surface area contributed by atoms with Crippen LogP contribution in [0.4, 0.5) is 0 Å². The molecule has 1 heterocycles. The third-order valence-electron chi connectivity index (χ3n) is 1.72. The van der Waals surface area contributed by atoms with E-state index < -0.39 is 0 Å². The zero-order valence-corrected chi connectivity index (χ0v) is 8.82. The molecule has 2 nitrogen and oxygen atoms in total. The van der Waals surface area contributed by atoms with Crippen molar-refractivity contribution in [2.45, 2.75) is 40.0 Å². The molecule has 0 saturated carbocycles. The van der Waals surface area contributed by atoms with Crippen molar-refractivity contribution >= 4 is 11.3 Å². The molecule has 0 radical (unpaired) electrons. The summed E-state index contributed by atoms with van der Waals surface area (Å²) < 4.78 is 0. The number of aromatic nitrogens is 2. The van der Waals surface area contributed by atoms with Crippen LogP contribution >= 0.6 is 11.3 Å². The summed E-state index contributed by atoms with van der Waals surface area (Å²) in [5.41, 5.74) is 2.25. The molecule has 0 amide bonds. The second-order valence-corrected chi connectivity index (χ2v) is 5.16. The highest BCUT2D eigenvalue weighted by atomic mass is 32.1. The maximum Gasteiger partial charge on any atom is 0.117 e. The molecule has 1 rings (SSSR count). The zero-order valence-electron chi connectivity index (χ0n) is 8.00. The van der Waals surface area contributed by atoms with E-state index in [-0.39, 0.29) is 0 Å². The molecule has 0 atom stereocenters. The van der Waals surface area contributed by atoms with Gasteiger partial charge in [-0.15, -0.1) is 21.5 Å². The summed E-state index contributed by atoms with van der Waals surface area (Å²) >= 11 is 1.65. The van der Waals surface area contributed by atoms with E-state index in [0.717, 1.165) is 6.42 Å². The molecular formula is C9H16N2S. The second kappa shape index (κ2) is 3.99. The topological polar surface area (TPSA) is 25.8 Å². The summed E-state index contributed by atoms with van der Waals surface area (Å²) in [6.07, 6.45) is 3.56. The normalized spacial score (nSPS) is 11.9. The van der Waals surface area contributed by atoms with Crippen LogP contribution in [-0.4, -0.2) is 10.2 Å². The molecule has 3 heteroatoms. The minimum atomic E-state index is 0.449. The lowest BCUT2D eigenvalue weighted by atomic mass is 9.90. The van der Waals surface area contributed by atoms with Gasteiger partial charge in [0, 0.05) is 6.42 Å². The Labute approximate surface area is 78.0 Å². The summed E-state index contributed by atoms with van der Waals surface area (Å²) in [6.45, 7) is 6.81. The summed E-state index contributed by atoms with van der Waals surface area (Å²) in [4.78, 5) is 0. The number of aryl methyl sites for hydroxylation is 1. The van der Waals surface area contributed by atoms with Crippen LogP contribution in [0.25, 0.3) is 0 Å². The molecule has 0 bridgehead atoms. The lowest BCUT2D eigenvalue weighted by Gasteiger charge is -2.16. The summed E-state index contributed by atoms with van der Waals surface area (Å²) in [6, 6.07) is 0. The van der Waals surface area contributed by atoms with Crippen molar-refractivity contribution < 1.29 is 0 Å². The van der Waals surface area contributed by atoms with Crippen LogP contribution in [0.3, 0.4) is 0 Å². The van der Waals surface area contributed by atoms with E-state index in [0.29, 0.717) is 5.41 Å². The SMILES string of the molecule is CC(C)(C)CCCc1nncs1. The molecule has 68 valence electrons. The van der Waals surface area contributed by atoms with E-state index in [2.05, 4.69) is 31.0 Å². The van der Waals surface area contributed by atoms with E-state index >= 15 is 0 Å². The van der Waals surface area contributed by atoms with Gasteiger partial charge in [-0.1, -0.05) is 20.8 Å². The third-order valence-corrected chi connectivity index (χ3v) is 2.48. The van der Waals surface area contributed by atoms with Gasteiger partial charge in [0.2, 0.25) is 0 Å². The molecule has 0 aliphatic heterocycles. The third kappa shape index (κ3) is 3.81. The Morgan fingerprint density at radius 2 is 2.17 bits per heavy atom. The molecule has 12 heavy (non-hydrogen) atoms. The molecule has 0 N–H and O–H groups in total. The summed E-state index contributed by atoms with van der Waals surface area (Å²) in [5.74, 6) is 0. The van der Waals surface area contributed by atoms with E-state index in [1.54, 1.807) is 16.8 Å². The second-order valence-electron chi connectivity index (χ2n) is 4.25. The monoisotopic (exact) mass is 184 g/mol. The number of nitrogens with zero attached hydrogens (tertiary/aromatic N) is 2. The first-order valence-electron chi connectivity index (χ1n) is 4.33. The molecule has 1 aromatic heterocycles. The summed E-state index contributed by atoms with van der Waals surface area (Å²) in [7, 11) is 0. The van der Waals surface area contributed by atoms with Gasteiger partial charge in [0.25, 0.3) is 0 Å². The standard InChI is InChI=1S/C9H16N2S/c1-9(2,3)6-4-5-8-11-10-7-12-8/h7H,4-6H2,1-3H3. The van der Waals surface area contributed by atoms with Crippen molar-refractivity contribution in [2.24, 2.45) is 5.41 Å². The van der Waals surface area contributed by atoms with Crippen molar-refractivity contribution in [2.75, 3.05) is 0 Å². The Bertz CT molecular complexity index is 211. The Balaban J connectivity index is 2.20. The van der Waals surface area contributed by atoms with Crippen molar-refractivity contribution in [3.8, 4) is 0 Å². The highest BCUT2D eigenvalue weighted by Crippen LogP contribution is 2.21. The van der Waals surface area contributed by atoms with E-state index in [1.165, 1.54) is 17.8 Å². The average molecular weight is 184 g/mol. The lowest BCUT2D eigenvalue weighted by molar-refractivity contribution is 0.365. The van der Waals surface area contributed by atoms with Crippen LogP contribution in [0.15, 0.2) is 5.51 Å². The van der Waals surface area contributed by atoms with Crippen molar-refractivity contribution in [3.63, 3.8) is 0 Å². The maximum absolute atomic E-state index is 4.00. The Kier molecular flexibility index (Phi) is 3.20. The molecule has 0 fully saturated rings. The first kappa shape index (κ1) is 9.65. The minimum absolute atomic E-state index is 0.449. The fraction of sp³-hybridized carbons (Fsp3) is 0.778. The van der Waals surface area contributed by atoms with Crippen LogP contribution in [0.1, 0.15) is 38.6 Å². The molecule has 0 spiro atoms. The molecule has 0 unspecified atom stereocenters. The van der Waals surface area contributed by atoms with Gasteiger partial charge in [-0.3, -0.25) is 0 Å². The van der Waals surface area contributed by atoms with Gasteiger partial charge >= 0.3 is 0 Å². The van der Waals surface area contributed by atoms with Gasteiger partial charge in [-0.2, -0.15) is 0 Å². The van der Waals surface area contributed by atoms with Crippen molar-refractivity contribution in [1.82, 2.24) is 10.2 Å². The van der Waals surface area contributed by atoms with E-state index in [1.807, 2.05) is 0 Å². The van der Waals surface area contributed by atoms with Crippen LogP contribution in [-0.2, 0) is 6.42 Å². The van der Waals surface area contributed by atoms with Gasteiger partial charge in [0.05, 0.1) is 0 Å². The molecule has 1 aromatic rings.